The third kappa shape index (κ3) is 4.70. The van der Waals surface area contributed by atoms with Gasteiger partial charge < -0.3 is 9.64 Å². The Balaban J connectivity index is 1.02. The first kappa shape index (κ1) is 27.6. The topological polar surface area (TPSA) is 46.6 Å². The number of hydrogen-bond acceptors (Lipinski definition) is 4. The number of sulfone groups is 1. The van der Waals surface area contributed by atoms with Gasteiger partial charge in [0.2, 0.25) is 9.84 Å². The fraction of sp³-hybridized carbons (Fsp3) is 0.0476. The van der Waals surface area contributed by atoms with Gasteiger partial charge in [0.05, 0.1) is 21.2 Å². The van der Waals surface area contributed by atoms with Crippen LogP contribution in [0.25, 0.3) is 21.9 Å². The van der Waals surface area contributed by atoms with Crippen LogP contribution in [-0.2, 0) is 22.7 Å². The molecule has 1 aliphatic heterocycles. The standard InChI is InChI=1S/C42H29NO3S/c44-47(45,37-8-2-1-3-9-37)38-20-17-28(18-21-38)29-14-15-30-23-34-26-35-27-36(19-16-31(35)24-33(34)25-32(30)22-29)43-39-10-4-6-12-41(39)46-42-13-7-5-11-40(42)43/h1-23,25,27H,24,26H2. The van der Waals surface area contributed by atoms with Crippen molar-refractivity contribution in [2.24, 2.45) is 0 Å². The van der Waals surface area contributed by atoms with Crippen molar-refractivity contribution in [2.75, 3.05) is 4.90 Å². The van der Waals surface area contributed by atoms with Gasteiger partial charge in [-0.25, -0.2) is 8.42 Å². The van der Waals surface area contributed by atoms with Crippen molar-refractivity contribution >= 4 is 37.7 Å². The van der Waals surface area contributed by atoms with Gasteiger partial charge in [0.15, 0.2) is 11.5 Å². The second-order valence-electron chi connectivity index (χ2n) is 12.2. The third-order valence-corrected chi connectivity index (χ3v) is 11.1. The molecule has 226 valence electrons. The van der Waals surface area contributed by atoms with Gasteiger partial charge in [0, 0.05) is 5.69 Å². The van der Waals surface area contributed by atoms with Crippen molar-refractivity contribution in [3.63, 3.8) is 0 Å². The quantitative estimate of drug-likeness (QED) is 0.195. The van der Waals surface area contributed by atoms with Crippen LogP contribution in [-0.4, -0.2) is 8.42 Å². The molecule has 47 heavy (non-hydrogen) atoms. The Hall–Kier alpha value is -5.65. The molecule has 0 N–H and O–H groups in total. The average molecular weight is 628 g/mol. The summed E-state index contributed by atoms with van der Waals surface area (Å²) in [5, 5.41) is 2.38. The zero-order valence-corrected chi connectivity index (χ0v) is 26.2. The maximum Gasteiger partial charge on any atom is 0.206 e. The number of anilines is 3. The second-order valence-corrected chi connectivity index (χ2v) is 14.2. The lowest BCUT2D eigenvalue weighted by atomic mass is 9.84. The Morgan fingerprint density at radius 3 is 1.77 bits per heavy atom. The molecule has 0 amide bonds. The summed E-state index contributed by atoms with van der Waals surface area (Å²) >= 11 is 0. The summed E-state index contributed by atoms with van der Waals surface area (Å²) in [6.45, 7) is 0. The minimum atomic E-state index is -3.55. The number of para-hydroxylation sites is 4. The molecular formula is C42H29NO3S. The second kappa shape index (κ2) is 10.7. The van der Waals surface area contributed by atoms with Gasteiger partial charge in [0.1, 0.15) is 0 Å². The van der Waals surface area contributed by atoms with Crippen molar-refractivity contribution in [1.29, 1.82) is 0 Å². The maximum atomic E-state index is 13.1. The predicted molar refractivity (Wildman–Crippen MR) is 188 cm³/mol. The van der Waals surface area contributed by atoms with Gasteiger partial charge in [-0.2, -0.15) is 0 Å². The Labute approximate surface area is 274 Å². The van der Waals surface area contributed by atoms with E-state index in [1.54, 1.807) is 36.4 Å². The lowest BCUT2D eigenvalue weighted by Gasteiger charge is -2.33. The molecule has 5 heteroatoms. The van der Waals surface area contributed by atoms with E-state index in [2.05, 4.69) is 77.7 Å². The highest BCUT2D eigenvalue weighted by molar-refractivity contribution is 7.91. The highest BCUT2D eigenvalue weighted by Gasteiger charge is 2.26. The van der Waals surface area contributed by atoms with Crippen molar-refractivity contribution in [3.05, 3.63) is 174 Å². The van der Waals surface area contributed by atoms with Crippen molar-refractivity contribution in [2.45, 2.75) is 22.6 Å². The minimum absolute atomic E-state index is 0.297. The fourth-order valence-electron chi connectivity index (χ4n) is 6.94. The van der Waals surface area contributed by atoms with Crippen LogP contribution in [0.2, 0.25) is 0 Å². The summed E-state index contributed by atoms with van der Waals surface area (Å²) in [5.74, 6) is 1.71. The number of rotatable bonds is 4. The molecule has 0 radical (unpaired) electrons. The van der Waals surface area contributed by atoms with E-state index < -0.39 is 9.84 Å². The highest BCUT2D eigenvalue weighted by atomic mass is 32.2. The smallest absolute Gasteiger partial charge is 0.206 e. The summed E-state index contributed by atoms with van der Waals surface area (Å²) in [6.07, 6.45) is 1.76. The molecule has 0 saturated heterocycles. The summed E-state index contributed by atoms with van der Waals surface area (Å²) in [6, 6.07) is 50.2. The van der Waals surface area contributed by atoms with Crippen LogP contribution < -0.4 is 9.64 Å². The Morgan fingerprint density at radius 1 is 0.468 bits per heavy atom. The first-order chi connectivity index (χ1) is 23.0. The average Bonchev–Trinajstić information content (AvgIpc) is 3.12. The lowest BCUT2D eigenvalue weighted by Crippen LogP contribution is -2.16. The molecule has 0 fully saturated rings. The van der Waals surface area contributed by atoms with E-state index in [0.29, 0.717) is 9.79 Å². The van der Waals surface area contributed by atoms with Crippen LogP contribution in [0.5, 0.6) is 11.5 Å². The van der Waals surface area contributed by atoms with Crippen LogP contribution in [0.15, 0.2) is 161 Å². The van der Waals surface area contributed by atoms with E-state index in [4.69, 9.17) is 4.74 Å². The highest BCUT2D eigenvalue weighted by Crippen LogP contribution is 2.50. The van der Waals surface area contributed by atoms with E-state index in [1.165, 1.54) is 33.0 Å². The molecule has 7 aromatic rings. The van der Waals surface area contributed by atoms with Crippen LogP contribution in [0.4, 0.5) is 17.1 Å². The van der Waals surface area contributed by atoms with Crippen molar-refractivity contribution in [1.82, 2.24) is 0 Å². The first-order valence-corrected chi connectivity index (χ1v) is 17.2. The fourth-order valence-corrected chi connectivity index (χ4v) is 8.23. The summed E-state index contributed by atoms with van der Waals surface area (Å²) in [5.41, 5.74) is 10.7. The van der Waals surface area contributed by atoms with E-state index in [0.717, 1.165) is 52.5 Å². The number of ether oxygens (including phenoxy) is 1. The van der Waals surface area contributed by atoms with E-state index in [1.807, 2.05) is 42.5 Å². The third-order valence-electron chi connectivity index (χ3n) is 9.35. The van der Waals surface area contributed by atoms with Crippen molar-refractivity contribution < 1.29 is 13.2 Å². The molecule has 0 spiro atoms. The zero-order valence-electron chi connectivity index (χ0n) is 25.4. The molecule has 1 heterocycles. The lowest BCUT2D eigenvalue weighted by molar-refractivity contribution is 0.477. The van der Waals surface area contributed by atoms with Crippen LogP contribution in [0.1, 0.15) is 22.3 Å². The van der Waals surface area contributed by atoms with Gasteiger partial charge in [-0.15, -0.1) is 0 Å². The summed E-state index contributed by atoms with van der Waals surface area (Å²) in [7, 11) is -3.55. The van der Waals surface area contributed by atoms with E-state index in [-0.39, 0.29) is 0 Å². The molecule has 7 aromatic carbocycles. The zero-order chi connectivity index (χ0) is 31.5. The number of hydrogen-bond donors (Lipinski definition) is 0. The van der Waals surface area contributed by atoms with Gasteiger partial charge in [-0.1, -0.05) is 84.9 Å². The van der Waals surface area contributed by atoms with Gasteiger partial charge in [-0.05, 0) is 124 Å². The molecular weight excluding hydrogens is 599 g/mol. The molecule has 2 aliphatic rings. The number of fused-ring (bicyclic) bond motifs is 5. The van der Waals surface area contributed by atoms with Gasteiger partial charge in [0.25, 0.3) is 0 Å². The molecule has 0 bridgehead atoms. The van der Waals surface area contributed by atoms with Crippen LogP contribution >= 0.6 is 0 Å². The van der Waals surface area contributed by atoms with E-state index in [9.17, 15) is 8.42 Å². The largest absolute Gasteiger partial charge is 0.453 e. The Kier molecular flexibility index (Phi) is 6.30. The Bertz CT molecular complexity index is 2410. The molecule has 4 nitrogen and oxygen atoms in total. The summed E-state index contributed by atoms with van der Waals surface area (Å²) in [4.78, 5) is 2.90. The summed E-state index contributed by atoms with van der Waals surface area (Å²) < 4.78 is 32.4. The SMILES string of the molecule is O=S(=O)(c1ccccc1)c1ccc(-c2ccc3cc4c(cc3c2)Cc2ccc(N3c5ccccc5Oc5ccccc53)cc2C4)cc1. The Morgan fingerprint density at radius 2 is 1.04 bits per heavy atom. The number of nitrogens with zero attached hydrogens (tertiary/aromatic N) is 1. The maximum absolute atomic E-state index is 13.1. The first-order valence-electron chi connectivity index (χ1n) is 15.8. The molecule has 9 rings (SSSR count). The molecule has 0 saturated carbocycles. The number of benzene rings is 7. The van der Waals surface area contributed by atoms with Crippen molar-refractivity contribution in [3.8, 4) is 22.6 Å². The molecule has 0 atom stereocenters. The minimum Gasteiger partial charge on any atom is -0.453 e. The molecule has 0 aromatic heterocycles. The van der Waals surface area contributed by atoms with E-state index >= 15 is 0 Å². The van der Waals surface area contributed by atoms with Gasteiger partial charge in [-0.3, -0.25) is 0 Å². The predicted octanol–water partition coefficient (Wildman–Crippen LogP) is 10.4. The van der Waals surface area contributed by atoms with Gasteiger partial charge >= 0.3 is 0 Å². The molecule has 0 unspecified atom stereocenters. The monoisotopic (exact) mass is 627 g/mol. The normalized spacial score (nSPS) is 13.2. The van der Waals surface area contributed by atoms with Crippen LogP contribution in [0.3, 0.4) is 0 Å². The van der Waals surface area contributed by atoms with Crippen LogP contribution in [0, 0.1) is 0 Å². The molecule has 1 aliphatic carbocycles.